The molecule has 0 saturated heterocycles. The van der Waals surface area contributed by atoms with Crippen LogP contribution >= 0.6 is 0 Å². The van der Waals surface area contributed by atoms with Gasteiger partial charge < -0.3 is 20.5 Å². The third kappa shape index (κ3) is 3.24. The Balaban J connectivity index is 2.18. The number of aliphatic hydroxyl groups is 1. The van der Waals surface area contributed by atoms with Gasteiger partial charge in [-0.15, -0.1) is 0 Å². The Morgan fingerprint density at radius 1 is 1.53 bits per heavy atom. The van der Waals surface area contributed by atoms with Crippen molar-refractivity contribution in [2.24, 2.45) is 0 Å². The molecule has 5 heteroatoms. The van der Waals surface area contributed by atoms with Gasteiger partial charge in [-0.2, -0.15) is 0 Å². The largest absolute Gasteiger partial charge is 0.493 e. The van der Waals surface area contributed by atoms with E-state index in [1.807, 2.05) is 25.1 Å². The molecule has 1 aliphatic rings. The van der Waals surface area contributed by atoms with Gasteiger partial charge in [-0.3, -0.25) is 4.79 Å². The summed E-state index contributed by atoms with van der Waals surface area (Å²) in [5.41, 5.74) is 1.80. The summed E-state index contributed by atoms with van der Waals surface area (Å²) in [7, 11) is 1.71. The first-order chi connectivity index (χ1) is 9.11. The third-order valence-electron chi connectivity index (χ3n) is 3.24. The Hall–Kier alpha value is -1.59. The van der Waals surface area contributed by atoms with Crippen molar-refractivity contribution in [2.45, 2.75) is 25.5 Å². The number of aliphatic hydroxyl groups excluding tert-OH is 1. The molecule has 1 aliphatic heterocycles. The zero-order chi connectivity index (χ0) is 13.8. The summed E-state index contributed by atoms with van der Waals surface area (Å²) in [6, 6.07) is 5.41. The fourth-order valence-electron chi connectivity index (χ4n) is 2.27. The standard InChI is InChI=1S/C14H20N2O3/c1-9-3-4-12-10(7-9)14(18)11(5-6-19-12)16-13(17)8-15-2/h3-4,7,11,14-15,18H,5-6,8H2,1-2H3,(H,16,17). The SMILES string of the molecule is CNCC(=O)NC1CCOc2ccc(C)cc2C1O. The summed E-state index contributed by atoms with van der Waals surface area (Å²) < 4.78 is 5.62. The predicted octanol–water partition coefficient (Wildman–Crippen LogP) is 0.515. The molecule has 5 nitrogen and oxygen atoms in total. The van der Waals surface area contributed by atoms with Gasteiger partial charge in [-0.25, -0.2) is 0 Å². The van der Waals surface area contributed by atoms with E-state index in [-0.39, 0.29) is 18.5 Å². The van der Waals surface area contributed by atoms with Crippen LogP contribution in [0.5, 0.6) is 5.75 Å². The van der Waals surface area contributed by atoms with Crippen LogP contribution in [0.3, 0.4) is 0 Å². The number of benzene rings is 1. The Labute approximate surface area is 113 Å². The summed E-state index contributed by atoms with van der Waals surface area (Å²) in [5.74, 6) is 0.575. The van der Waals surface area contributed by atoms with Gasteiger partial charge in [0.1, 0.15) is 11.9 Å². The molecule has 1 aromatic carbocycles. The summed E-state index contributed by atoms with van der Waals surface area (Å²) in [5, 5.41) is 16.1. The Morgan fingerprint density at radius 3 is 3.05 bits per heavy atom. The van der Waals surface area contributed by atoms with E-state index in [2.05, 4.69) is 10.6 Å². The second kappa shape index (κ2) is 6.04. The highest BCUT2D eigenvalue weighted by atomic mass is 16.5. The smallest absolute Gasteiger partial charge is 0.234 e. The van der Waals surface area contributed by atoms with Crippen LogP contribution in [0, 0.1) is 6.92 Å². The number of rotatable bonds is 3. The van der Waals surface area contributed by atoms with Crippen molar-refractivity contribution in [3.63, 3.8) is 0 Å². The number of hydrogen-bond acceptors (Lipinski definition) is 4. The fourth-order valence-corrected chi connectivity index (χ4v) is 2.27. The molecule has 2 atom stereocenters. The number of fused-ring (bicyclic) bond motifs is 1. The number of likely N-dealkylation sites (N-methyl/N-ethyl adjacent to an activating group) is 1. The second-order valence-electron chi connectivity index (χ2n) is 4.83. The molecule has 3 N–H and O–H groups in total. The summed E-state index contributed by atoms with van der Waals surface area (Å²) in [4.78, 5) is 11.6. The molecular weight excluding hydrogens is 244 g/mol. The maximum Gasteiger partial charge on any atom is 0.234 e. The quantitative estimate of drug-likeness (QED) is 0.744. The number of amides is 1. The van der Waals surface area contributed by atoms with Gasteiger partial charge in [-0.1, -0.05) is 11.6 Å². The molecule has 0 bridgehead atoms. The minimum absolute atomic E-state index is 0.123. The normalized spacial score (nSPS) is 22.1. The average Bonchev–Trinajstić information content (AvgIpc) is 2.51. The number of hydrogen-bond donors (Lipinski definition) is 3. The number of carbonyl (C=O) groups is 1. The van der Waals surface area contributed by atoms with Crippen molar-refractivity contribution in [1.82, 2.24) is 10.6 Å². The van der Waals surface area contributed by atoms with E-state index in [1.54, 1.807) is 7.05 Å². The van der Waals surface area contributed by atoms with Crippen LogP contribution in [0.1, 0.15) is 23.7 Å². The highest BCUT2D eigenvalue weighted by Crippen LogP contribution is 2.32. The van der Waals surface area contributed by atoms with E-state index < -0.39 is 6.10 Å². The average molecular weight is 264 g/mol. The molecule has 2 unspecified atom stereocenters. The van der Waals surface area contributed by atoms with Crippen LogP contribution < -0.4 is 15.4 Å². The minimum atomic E-state index is -0.738. The van der Waals surface area contributed by atoms with Crippen LogP contribution in [0.15, 0.2) is 18.2 Å². The molecule has 19 heavy (non-hydrogen) atoms. The molecule has 1 heterocycles. The van der Waals surface area contributed by atoms with E-state index >= 15 is 0 Å². The molecule has 0 fully saturated rings. The van der Waals surface area contributed by atoms with Crippen LogP contribution in [-0.4, -0.2) is 37.3 Å². The van der Waals surface area contributed by atoms with Gasteiger partial charge in [0.25, 0.3) is 0 Å². The minimum Gasteiger partial charge on any atom is -0.493 e. The van der Waals surface area contributed by atoms with Crippen LogP contribution in [-0.2, 0) is 4.79 Å². The number of nitrogens with one attached hydrogen (secondary N) is 2. The van der Waals surface area contributed by atoms with Crippen LogP contribution in [0.2, 0.25) is 0 Å². The van der Waals surface area contributed by atoms with Crippen molar-refractivity contribution < 1.29 is 14.6 Å². The summed E-state index contributed by atoms with van der Waals surface area (Å²) in [6.45, 7) is 2.69. The first kappa shape index (κ1) is 13.8. The van der Waals surface area contributed by atoms with Crippen molar-refractivity contribution >= 4 is 5.91 Å². The maximum atomic E-state index is 11.6. The molecule has 1 amide bonds. The number of aryl methyl sites for hydroxylation is 1. The lowest BCUT2D eigenvalue weighted by Crippen LogP contribution is -2.43. The van der Waals surface area contributed by atoms with E-state index in [0.29, 0.717) is 18.8 Å². The molecule has 0 aliphatic carbocycles. The highest BCUT2D eigenvalue weighted by molar-refractivity contribution is 5.78. The molecule has 0 saturated carbocycles. The molecular formula is C14H20N2O3. The van der Waals surface area contributed by atoms with Gasteiger partial charge in [0.15, 0.2) is 0 Å². The van der Waals surface area contributed by atoms with Gasteiger partial charge in [-0.05, 0) is 26.1 Å². The lowest BCUT2D eigenvalue weighted by molar-refractivity contribution is -0.121. The van der Waals surface area contributed by atoms with Crippen molar-refractivity contribution in [2.75, 3.05) is 20.2 Å². The molecule has 104 valence electrons. The van der Waals surface area contributed by atoms with Crippen LogP contribution in [0.25, 0.3) is 0 Å². The van der Waals surface area contributed by atoms with E-state index in [1.165, 1.54) is 0 Å². The first-order valence-electron chi connectivity index (χ1n) is 6.47. The third-order valence-corrected chi connectivity index (χ3v) is 3.24. The summed E-state index contributed by atoms with van der Waals surface area (Å²) >= 11 is 0. The number of ether oxygens (including phenoxy) is 1. The molecule has 0 radical (unpaired) electrons. The van der Waals surface area contributed by atoms with Crippen LogP contribution in [0.4, 0.5) is 0 Å². The van der Waals surface area contributed by atoms with E-state index in [9.17, 15) is 9.90 Å². The van der Waals surface area contributed by atoms with Gasteiger partial charge in [0, 0.05) is 12.0 Å². The van der Waals surface area contributed by atoms with Crippen molar-refractivity contribution in [1.29, 1.82) is 0 Å². The highest BCUT2D eigenvalue weighted by Gasteiger charge is 2.28. The van der Waals surface area contributed by atoms with Crippen molar-refractivity contribution in [3.8, 4) is 5.75 Å². The summed E-state index contributed by atoms with van der Waals surface area (Å²) in [6.07, 6.45) is -0.150. The van der Waals surface area contributed by atoms with Gasteiger partial charge in [0.05, 0.1) is 19.2 Å². The zero-order valence-electron chi connectivity index (χ0n) is 11.3. The Morgan fingerprint density at radius 2 is 2.32 bits per heavy atom. The van der Waals surface area contributed by atoms with E-state index in [0.717, 1.165) is 11.1 Å². The molecule has 2 rings (SSSR count). The lowest BCUT2D eigenvalue weighted by Gasteiger charge is -2.22. The van der Waals surface area contributed by atoms with Crippen molar-refractivity contribution in [3.05, 3.63) is 29.3 Å². The topological polar surface area (TPSA) is 70.6 Å². The lowest BCUT2D eigenvalue weighted by atomic mass is 9.98. The van der Waals surface area contributed by atoms with Gasteiger partial charge >= 0.3 is 0 Å². The first-order valence-corrected chi connectivity index (χ1v) is 6.47. The molecule has 1 aromatic rings. The zero-order valence-corrected chi connectivity index (χ0v) is 11.3. The fraction of sp³-hybridized carbons (Fsp3) is 0.500. The molecule has 0 spiro atoms. The maximum absolute atomic E-state index is 11.6. The monoisotopic (exact) mass is 264 g/mol. The van der Waals surface area contributed by atoms with Gasteiger partial charge in [0.2, 0.25) is 5.91 Å². The number of carbonyl (C=O) groups excluding carboxylic acids is 1. The Kier molecular flexibility index (Phi) is 4.39. The molecule has 0 aromatic heterocycles. The Bertz CT molecular complexity index is 462. The second-order valence-corrected chi connectivity index (χ2v) is 4.83. The van der Waals surface area contributed by atoms with E-state index in [4.69, 9.17) is 4.74 Å². The predicted molar refractivity (Wildman–Crippen MR) is 72.1 cm³/mol.